The van der Waals surface area contributed by atoms with Crippen LogP contribution in [0.15, 0.2) is 12.7 Å². The molecule has 0 unspecified atom stereocenters. The minimum absolute atomic E-state index is 0.222. The standard InChI is InChI=1S/C21H38O6/c1-9-14-24-17(22)10-12-20(5,6)26-16-13-21(7,8)25-15-11-18(23)27-19(2,3)4/h9H,1,10-16H2,2-8H3. The summed E-state index contributed by atoms with van der Waals surface area (Å²) in [5.41, 5.74) is -1.33. The lowest BCUT2D eigenvalue weighted by Gasteiger charge is -2.29. The van der Waals surface area contributed by atoms with Gasteiger partial charge in [0.1, 0.15) is 12.2 Å². The summed E-state index contributed by atoms with van der Waals surface area (Å²) in [4.78, 5) is 23.3. The van der Waals surface area contributed by atoms with E-state index in [9.17, 15) is 9.59 Å². The van der Waals surface area contributed by atoms with Crippen molar-refractivity contribution < 1.29 is 28.5 Å². The predicted molar refractivity (Wildman–Crippen MR) is 106 cm³/mol. The van der Waals surface area contributed by atoms with Gasteiger partial charge in [0, 0.05) is 6.42 Å². The van der Waals surface area contributed by atoms with Gasteiger partial charge in [-0.25, -0.2) is 0 Å². The van der Waals surface area contributed by atoms with Gasteiger partial charge in [-0.15, -0.1) is 0 Å². The van der Waals surface area contributed by atoms with Crippen LogP contribution in [0.3, 0.4) is 0 Å². The van der Waals surface area contributed by atoms with Crippen LogP contribution >= 0.6 is 0 Å². The Bertz CT molecular complexity index is 474. The van der Waals surface area contributed by atoms with Crippen LogP contribution in [0.4, 0.5) is 0 Å². The molecule has 0 rings (SSSR count). The lowest BCUT2D eigenvalue weighted by atomic mass is 10.0. The molecule has 0 bridgehead atoms. The Balaban J connectivity index is 4.09. The number of carbonyl (C=O) groups is 2. The van der Waals surface area contributed by atoms with Crippen LogP contribution in [0.2, 0.25) is 0 Å². The van der Waals surface area contributed by atoms with E-state index in [1.165, 1.54) is 0 Å². The third-order valence-electron chi connectivity index (χ3n) is 3.71. The molecule has 6 nitrogen and oxygen atoms in total. The molecule has 0 amide bonds. The summed E-state index contributed by atoms with van der Waals surface area (Å²) in [7, 11) is 0. The molecule has 0 aliphatic rings. The van der Waals surface area contributed by atoms with Crippen LogP contribution in [-0.4, -0.2) is 48.6 Å². The fourth-order valence-electron chi connectivity index (χ4n) is 2.15. The maximum Gasteiger partial charge on any atom is 0.308 e. The van der Waals surface area contributed by atoms with E-state index in [0.29, 0.717) is 32.5 Å². The first-order valence-corrected chi connectivity index (χ1v) is 9.53. The molecule has 0 radical (unpaired) electrons. The Morgan fingerprint density at radius 1 is 0.815 bits per heavy atom. The molecule has 0 saturated carbocycles. The third-order valence-corrected chi connectivity index (χ3v) is 3.71. The van der Waals surface area contributed by atoms with Crippen molar-refractivity contribution in [1.82, 2.24) is 0 Å². The molecule has 27 heavy (non-hydrogen) atoms. The Labute approximate surface area is 164 Å². The number of rotatable bonds is 13. The summed E-state index contributed by atoms with van der Waals surface area (Å²) in [6.45, 7) is 17.9. The lowest BCUT2D eigenvalue weighted by molar-refractivity contribution is -0.157. The fourth-order valence-corrected chi connectivity index (χ4v) is 2.15. The molecule has 0 N–H and O–H groups in total. The van der Waals surface area contributed by atoms with Gasteiger partial charge in [0.15, 0.2) is 0 Å². The predicted octanol–water partition coefficient (Wildman–Crippen LogP) is 4.21. The van der Waals surface area contributed by atoms with Crippen molar-refractivity contribution in [3.8, 4) is 0 Å². The summed E-state index contributed by atoms with van der Waals surface area (Å²) in [5, 5.41) is 0. The molecule has 0 aromatic heterocycles. The van der Waals surface area contributed by atoms with Crippen molar-refractivity contribution >= 4 is 11.9 Å². The Morgan fingerprint density at radius 2 is 1.37 bits per heavy atom. The van der Waals surface area contributed by atoms with Crippen molar-refractivity contribution in [1.29, 1.82) is 0 Å². The van der Waals surface area contributed by atoms with Gasteiger partial charge in [0.2, 0.25) is 0 Å². The second kappa shape index (κ2) is 11.4. The molecule has 0 aliphatic carbocycles. The molecule has 0 spiro atoms. The van der Waals surface area contributed by atoms with E-state index >= 15 is 0 Å². The highest BCUT2D eigenvalue weighted by Crippen LogP contribution is 2.21. The first-order valence-electron chi connectivity index (χ1n) is 9.53. The first kappa shape index (κ1) is 25.6. The summed E-state index contributed by atoms with van der Waals surface area (Å²) < 4.78 is 22.0. The van der Waals surface area contributed by atoms with Gasteiger partial charge in [-0.05, 0) is 61.3 Å². The Kier molecular flexibility index (Phi) is 10.9. The van der Waals surface area contributed by atoms with Crippen molar-refractivity contribution in [3.63, 3.8) is 0 Å². The summed E-state index contributed by atoms with van der Waals surface area (Å²) in [5.74, 6) is -0.517. The van der Waals surface area contributed by atoms with Crippen LogP contribution in [0.25, 0.3) is 0 Å². The average molecular weight is 387 g/mol. The topological polar surface area (TPSA) is 71.1 Å². The van der Waals surface area contributed by atoms with E-state index < -0.39 is 16.8 Å². The number of esters is 2. The van der Waals surface area contributed by atoms with E-state index in [4.69, 9.17) is 18.9 Å². The third kappa shape index (κ3) is 15.4. The van der Waals surface area contributed by atoms with Gasteiger partial charge in [-0.2, -0.15) is 0 Å². The maximum atomic E-state index is 11.7. The van der Waals surface area contributed by atoms with Gasteiger partial charge < -0.3 is 18.9 Å². The molecule has 0 fully saturated rings. The SMILES string of the molecule is C=CCOC(=O)CCC(C)(C)OCCC(C)(C)OCCC(=O)OC(C)(C)C. The van der Waals surface area contributed by atoms with Crippen molar-refractivity contribution in [2.45, 2.75) is 91.0 Å². The molecular formula is C21H38O6. The Morgan fingerprint density at radius 3 is 1.93 bits per heavy atom. The molecule has 6 heteroatoms. The highest BCUT2D eigenvalue weighted by atomic mass is 16.6. The van der Waals surface area contributed by atoms with Gasteiger partial charge in [0.05, 0.1) is 30.8 Å². The van der Waals surface area contributed by atoms with Crippen LogP contribution in [0.5, 0.6) is 0 Å². The molecule has 0 atom stereocenters. The molecular weight excluding hydrogens is 348 g/mol. The second-order valence-electron chi connectivity index (χ2n) is 8.77. The number of ether oxygens (including phenoxy) is 4. The summed E-state index contributed by atoms with van der Waals surface area (Å²) >= 11 is 0. The molecule has 0 heterocycles. The second-order valence-corrected chi connectivity index (χ2v) is 8.77. The van der Waals surface area contributed by atoms with Gasteiger partial charge in [-0.1, -0.05) is 12.7 Å². The Hall–Kier alpha value is -1.40. The minimum Gasteiger partial charge on any atom is -0.461 e. The number of hydrogen-bond acceptors (Lipinski definition) is 6. The fraction of sp³-hybridized carbons (Fsp3) is 0.810. The van der Waals surface area contributed by atoms with Crippen LogP contribution in [0, 0.1) is 0 Å². The molecule has 0 aliphatic heterocycles. The first-order chi connectivity index (χ1) is 12.3. The quantitative estimate of drug-likeness (QED) is 0.349. The molecule has 158 valence electrons. The van der Waals surface area contributed by atoms with Crippen LogP contribution in [-0.2, 0) is 28.5 Å². The monoisotopic (exact) mass is 386 g/mol. The highest BCUT2D eigenvalue weighted by molar-refractivity contribution is 5.70. The van der Waals surface area contributed by atoms with Crippen LogP contribution in [0.1, 0.15) is 74.1 Å². The van der Waals surface area contributed by atoms with Gasteiger partial charge >= 0.3 is 11.9 Å². The number of carbonyl (C=O) groups excluding carboxylic acids is 2. The van der Waals surface area contributed by atoms with E-state index in [0.717, 1.165) is 0 Å². The van der Waals surface area contributed by atoms with E-state index in [1.807, 2.05) is 48.5 Å². The van der Waals surface area contributed by atoms with Crippen molar-refractivity contribution in [2.24, 2.45) is 0 Å². The number of hydrogen-bond donors (Lipinski definition) is 0. The average Bonchev–Trinajstić information content (AvgIpc) is 2.48. The summed E-state index contributed by atoms with van der Waals surface area (Å²) in [6.07, 6.45) is 3.31. The minimum atomic E-state index is -0.482. The largest absolute Gasteiger partial charge is 0.461 e. The highest BCUT2D eigenvalue weighted by Gasteiger charge is 2.24. The van der Waals surface area contributed by atoms with Gasteiger partial charge in [-0.3, -0.25) is 9.59 Å². The molecule has 0 aromatic carbocycles. The zero-order valence-corrected chi connectivity index (χ0v) is 18.2. The zero-order chi connectivity index (χ0) is 21.1. The van der Waals surface area contributed by atoms with E-state index in [-0.39, 0.29) is 25.0 Å². The van der Waals surface area contributed by atoms with Crippen molar-refractivity contribution in [3.05, 3.63) is 12.7 Å². The molecule has 0 aromatic rings. The molecule has 0 saturated heterocycles. The normalized spacial score (nSPS) is 12.6. The van der Waals surface area contributed by atoms with Crippen LogP contribution < -0.4 is 0 Å². The van der Waals surface area contributed by atoms with E-state index in [1.54, 1.807) is 6.08 Å². The van der Waals surface area contributed by atoms with E-state index in [2.05, 4.69) is 6.58 Å². The lowest BCUT2D eigenvalue weighted by Crippen LogP contribution is -2.32. The smallest absolute Gasteiger partial charge is 0.308 e. The maximum absolute atomic E-state index is 11.7. The van der Waals surface area contributed by atoms with Gasteiger partial charge in [0.25, 0.3) is 0 Å². The van der Waals surface area contributed by atoms with Crippen molar-refractivity contribution in [2.75, 3.05) is 19.8 Å². The zero-order valence-electron chi connectivity index (χ0n) is 18.2. The summed E-state index contributed by atoms with van der Waals surface area (Å²) in [6, 6.07) is 0.